The highest BCUT2D eigenvalue weighted by molar-refractivity contribution is 5.83. The highest BCUT2D eigenvalue weighted by atomic mass is 16.2. The number of pyridine rings is 1. The summed E-state index contributed by atoms with van der Waals surface area (Å²) in [5, 5.41) is 1.06. The largest absolute Gasteiger partial charge is 0.337 e. The van der Waals surface area contributed by atoms with E-state index in [0.717, 1.165) is 42.4 Å². The zero-order valence-electron chi connectivity index (χ0n) is 14.2. The number of nitrogens with zero attached hydrogens (tertiary/aromatic N) is 3. The van der Waals surface area contributed by atoms with Gasteiger partial charge in [-0.05, 0) is 37.3 Å². The second-order valence-corrected chi connectivity index (χ2v) is 7.03. The molecule has 5 heteroatoms. The van der Waals surface area contributed by atoms with Crippen LogP contribution in [0.3, 0.4) is 0 Å². The molecule has 3 heterocycles. The molecule has 1 amide bonds. The highest BCUT2D eigenvalue weighted by Crippen LogP contribution is 2.26. The maximum atomic E-state index is 12.7. The van der Waals surface area contributed by atoms with Crippen LogP contribution in [0.4, 0.5) is 0 Å². The predicted octanol–water partition coefficient (Wildman–Crippen LogP) is 1.73. The Hall–Kier alpha value is -2.14. The first-order valence-corrected chi connectivity index (χ1v) is 8.68. The molecule has 126 valence electrons. The van der Waals surface area contributed by atoms with E-state index in [4.69, 9.17) is 0 Å². The first-order chi connectivity index (χ1) is 11.6. The molecule has 4 rings (SSSR count). The molecule has 0 bridgehead atoms. The molecule has 2 aliphatic heterocycles. The highest BCUT2D eigenvalue weighted by Gasteiger charge is 2.40. The Bertz CT molecular complexity index is 857. The Morgan fingerprint density at radius 3 is 2.83 bits per heavy atom. The number of aromatic nitrogens is 1. The predicted molar refractivity (Wildman–Crippen MR) is 93.8 cm³/mol. The van der Waals surface area contributed by atoms with Gasteiger partial charge < -0.3 is 9.47 Å². The minimum Gasteiger partial charge on any atom is -0.337 e. The van der Waals surface area contributed by atoms with E-state index < -0.39 is 0 Å². The van der Waals surface area contributed by atoms with Crippen molar-refractivity contribution < 1.29 is 4.79 Å². The van der Waals surface area contributed by atoms with Crippen LogP contribution in [0.1, 0.15) is 25.3 Å². The lowest BCUT2D eigenvalue weighted by Gasteiger charge is -2.41. The van der Waals surface area contributed by atoms with Crippen molar-refractivity contribution in [3.63, 3.8) is 0 Å². The van der Waals surface area contributed by atoms with Crippen molar-refractivity contribution in [2.75, 3.05) is 13.1 Å². The molecule has 2 fully saturated rings. The van der Waals surface area contributed by atoms with Crippen molar-refractivity contribution in [2.24, 2.45) is 7.05 Å². The molecular weight excluding hydrogens is 302 g/mol. The Labute approximate surface area is 141 Å². The van der Waals surface area contributed by atoms with Gasteiger partial charge in [0.2, 0.25) is 5.91 Å². The fourth-order valence-corrected chi connectivity index (χ4v) is 4.16. The molecule has 1 aromatic heterocycles. The number of para-hydroxylation sites is 1. The number of carbonyl (C=O) groups is 1. The standard InChI is InChI=1S/C19H23N3O2/c1-13-18(23)22-9-5-7-16(22)12-21(13)11-15-10-14-6-3-4-8-17(14)20(2)19(15)24/h3-4,6,8,10,13,16H,5,7,9,11-12H2,1-2H3/t13-,16+/m0/s1. The summed E-state index contributed by atoms with van der Waals surface area (Å²) in [5.41, 5.74) is 1.74. The molecule has 0 N–H and O–H groups in total. The maximum absolute atomic E-state index is 12.7. The van der Waals surface area contributed by atoms with Crippen LogP contribution < -0.4 is 5.56 Å². The Morgan fingerprint density at radius 2 is 2.00 bits per heavy atom. The van der Waals surface area contributed by atoms with E-state index in [1.165, 1.54) is 0 Å². The molecule has 1 aromatic carbocycles. The van der Waals surface area contributed by atoms with Crippen molar-refractivity contribution in [2.45, 2.75) is 38.4 Å². The third-order valence-electron chi connectivity index (χ3n) is 5.59. The van der Waals surface area contributed by atoms with Gasteiger partial charge in [-0.25, -0.2) is 0 Å². The van der Waals surface area contributed by atoms with Crippen molar-refractivity contribution in [3.05, 3.63) is 46.2 Å². The van der Waals surface area contributed by atoms with E-state index in [0.29, 0.717) is 12.6 Å². The van der Waals surface area contributed by atoms with Crippen LogP contribution in [-0.2, 0) is 18.4 Å². The lowest BCUT2D eigenvalue weighted by atomic mass is 10.1. The van der Waals surface area contributed by atoms with Gasteiger partial charge in [0.1, 0.15) is 0 Å². The average molecular weight is 325 g/mol. The van der Waals surface area contributed by atoms with Crippen LogP contribution in [0.5, 0.6) is 0 Å². The van der Waals surface area contributed by atoms with Crippen LogP contribution in [-0.4, -0.2) is 45.4 Å². The monoisotopic (exact) mass is 325 g/mol. The summed E-state index contributed by atoms with van der Waals surface area (Å²) in [6.07, 6.45) is 2.17. The Kier molecular flexibility index (Phi) is 3.68. The van der Waals surface area contributed by atoms with Crippen molar-refractivity contribution in [1.82, 2.24) is 14.4 Å². The van der Waals surface area contributed by atoms with E-state index in [1.807, 2.05) is 49.2 Å². The summed E-state index contributed by atoms with van der Waals surface area (Å²) in [6.45, 7) is 4.25. The molecule has 0 spiro atoms. The maximum Gasteiger partial charge on any atom is 0.255 e. The van der Waals surface area contributed by atoms with E-state index in [9.17, 15) is 9.59 Å². The molecule has 0 aliphatic carbocycles. The summed E-state index contributed by atoms with van der Waals surface area (Å²) >= 11 is 0. The Morgan fingerprint density at radius 1 is 1.21 bits per heavy atom. The second kappa shape index (κ2) is 5.74. The number of benzene rings is 1. The van der Waals surface area contributed by atoms with Crippen molar-refractivity contribution in [3.8, 4) is 0 Å². The fourth-order valence-electron chi connectivity index (χ4n) is 4.16. The van der Waals surface area contributed by atoms with E-state index in [2.05, 4.69) is 4.90 Å². The van der Waals surface area contributed by atoms with Gasteiger partial charge in [-0.1, -0.05) is 18.2 Å². The third-order valence-corrected chi connectivity index (χ3v) is 5.59. The average Bonchev–Trinajstić information content (AvgIpc) is 3.05. The molecule has 0 radical (unpaired) electrons. The minimum atomic E-state index is -0.157. The van der Waals surface area contributed by atoms with Gasteiger partial charge in [0.05, 0.1) is 11.6 Å². The van der Waals surface area contributed by atoms with Gasteiger partial charge in [-0.2, -0.15) is 0 Å². The van der Waals surface area contributed by atoms with Crippen molar-refractivity contribution >= 4 is 16.8 Å². The van der Waals surface area contributed by atoms with Crippen LogP contribution in [0.15, 0.2) is 35.1 Å². The molecule has 2 saturated heterocycles. The number of rotatable bonds is 2. The summed E-state index contributed by atoms with van der Waals surface area (Å²) in [5.74, 6) is 0.210. The second-order valence-electron chi connectivity index (χ2n) is 7.03. The summed E-state index contributed by atoms with van der Waals surface area (Å²) in [4.78, 5) is 29.5. The number of aryl methyl sites for hydroxylation is 1. The lowest BCUT2D eigenvalue weighted by molar-refractivity contribution is -0.143. The number of amides is 1. The van der Waals surface area contributed by atoms with Gasteiger partial charge in [0, 0.05) is 38.3 Å². The van der Waals surface area contributed by atoms with Gasteiger partial charge >= 0.3 is 0 Å². The van der Waals surface area contributed by atoms with Crippen LogP contribution in [0, 0.1) is 0 Å². The van der Waals surface area contributed by atoms with E-state index in [1.54, 1.807) is 4.57 Å². The Balaban J connectivity index is 1.68. The van der Waals surface area contributed by atoms with Gasteiger partial charge in [-0.3, -0.25) is 14.5 Å². The summed E-state index contributed by atoms with van der Waals surface area (Å²) in [6, 6.07) is 10.1. The van der Waals surface area contributed by atoms with E-state index >= 15 is 0 Å². The van der Waals surface area contributed by atoms with Gasteiger partial charge in [0.25, 0.3) is 5.56 Å². The molecular formula is C19H23N3O2. The van der Waals surface area contributed by atoms with Crippen LogP contribution >= 0.6 is 0 Å². The SMILES string of the molecule is C[C@H]1C(=O)N2CCC[C@@H]2CN1Cc1cc2ccccc2n(C)c1=O. The molecule has 0 unspecified atom stereocenters. The lowest BCUT2D eigenvalue weighted by Crippen LogP contribution is -2.58. The molecule has 2 atom stereocenters. The number of hydrogen-bond donors (Lipinski definition) is 0. The van der Waals surface area contributed by atoms with Gasteiger partial charge in [0.15, 0.2) is 0 Å². The molecule has 2 aliphatic rings. The smallest absolute Gasteiger partial charge is 0.255 e. The number of carbonyl (C=O) groups excluding carboxylic acids is 1. The van der Waals surface area contributed by atoms with Crippen LogP contribution in [0.25, 0.3) is 10.9 Å². The number of fused-ring (bicyclic) bond motifs is 2. The minimum absolute atomic E-state index is 0.0298. The summed E-state index contributed by atoms with van der Waals surface area (Å²) < 4.78 is 1.71. The molecule has 24 heavy (non-hydrogen) atoms. The van der Waals surface area contributed by atoms with Gasteiger partial charge in [-0.15, -0.1) is 0 Å². The molecule has 2 aromatic rings. The van der Waals surface area contributed by atoms with Crippen LogP contribution in [0.2, 0.25) is 0 Å². The molecule has 5 nitrogen and oxygen atoms in total. The topological polar surface area (TPSA) is 45.6 Å². The van der Waals surface area contributed by atoms with E-state index in [-0.39, 0.29) is 17.5 Å². The molecule has 0 saturated carbocycles. The number of hydrogen-bond acceptors (Lipinski definition) is 3. The quantitative estimate of drug-likeness (QED) is 0.845. The zero-order valence-corrected chi connectivity index (χ0v) is 14.2. The fraction of sp³-hybridized carbons (Fsp3) is 0.474. The van der Waals surface area contributed by atoms with Crippen molar-refractivity contribution in [1.29, 1.82) is 0 Å². The first-order valence-electron chi connectivity index (χ1n) is 8.68. The number of piperazine rings is 1. The summed E-state index contributed by atoms with van der Waals surface area (Å²) in [7, 11) is 1.82. The third kappa shape index (κ3) is 2.35. The zero-order chi connectivity index (χ0) is 16.8. The first kappa shape index (κ1) is 15.4. The normalized spacial score (nSPS) is 24.6.